The number of hydrogen-bond acceptors (Lipinski definition) is 6. The number of benzene rings is 1. The number of aromatic hydroxyl groups is 1. The molecule has 1 atom stereocenters. The largest absolute Gasteiger partial charge is 0.508 e. The Balaban J connectivity index is 1.82. The number of nitrogens with zero attached hydrogens (tertiary/aromatic N) is 4. The molecule has 1 aromatic carbocycles. The maximum atomic E-state index is 9.62. The summed E-state index contributed by atoms with van der Waals surface area (Å²) in [7, 11) is 0. The lowest BCUT2D eigenvalue weighted by Gasteiger charge is -2.02. The number of ether oxygens (including phenoxy) is 1. The zero-order valence-corrected chi connectivity index (χ0v) is 12.4. The number of fused-ring (bicyclic) bond motifs is 1. The van der Waals surface area contributed by atoms with Gasteiger partial charge in [-0.15, -0.1) is 10.2 Å². The van der Waals surface area contributed by atoms with E-state index in [-0.39, 0.29) is 11.7 Å². The molecular weight excluding hydrogens is 312 g/mol. The molecule has 0 spiro atoms. The molecule has 1 aliphatic heterocycles. The van der Waals surface area contributed by atoms with Crippen LogP contribution in [0.4, 0.5) is 0 Å². The number of hydrogen-bond donors (Lipinski definition) is 1. The Bertz CT molecular complexity index is 810. The molecule has 1 aliphatic rings. The van der Waals surface area contributed by atoms with E-state index in [4.69, 9.17) is 16.3 Å². The quantitative estimate of drug-likeness (QED) is 0.785. The first kappa shape index (κ1) is 13.0. The minimum absolute atomic E-state index is 0.157. The monoisotopic (exact) mass is 322 g/mol. The van der Waals surface area contributed by atoms with Crippen LogP contribution in [-0.2, 0) is 4.74 Å². The van der Waals surface area contributed by atoms with Crippen LogP contribution in [0.15, 0.2) is 18.2 Å². The molecular formula is C13H11ClN4O2S. The average Bonchev–Trinajstić information content (AvgIpc) is 3.15. The van der Waals surface area contributed by atoms with Gasteiger partial charge in [-0.1, -0.05) is 22.9 Å². The van der Waals surface area contributed by atoms with Crippen LogP contribution in [0, 0.1) is 0 Å². The molecule has 6 nitrogen and oxygen atoms in total. The van der Waals surface area contributed by atoms with E-state index in [2.05, 4.69) is 15.3 Å². The highest BCUT2D eigenvalue weighted by Gasteiger charge is 2.25. The Kier molecular flexibility index (Phi) is 3.06. The Morgan fingerprint density at radius 1 is 1.38 bits per heavy atom. The summed E-state index contributed by atoms with van der Waals surface area (Å²) < 4.78 is 7.15. The first-order valence-corrected chi connectivity index (χ1v) is 7.70. The van der Waals surface area contributed by atoms with Gasteiger partial charge in [-0.3, -0.25) is 0 Å². The van der Waals surface area contributed by atoms with Crippen molar-refractivity contribution in [1.82, 2.24) is 19.8 Å². The number of phenolic OH excluding ortho intramolecular Hbond substituents is 1. The standard InChI is InChI=1S/C13H11ClN4O2S/c14-10-2-1-8(19)5-9(10)12-17-18-11(7-3-4-20-6-7)15-16-13(18)21-12/h1-2,5,7,19H,3-4,6H2. The van der Waals surface area contributed by atoms with Crippen molar-refractivity contribution >= 4 is 27.9 Å². The Morgan fingerprint density at radius 3 is 3.10 bits per heavy atom. The zero-order chi connectivity index (χ0) is 14.4. The minimum atomic E-state index is 0.157. The van der Waals surface area contributed by atoms with Gasteiger partial charge >= 0.3 is 0 Å². The molecule has 0 saturated carbocycles. The molecule has 1 fully saturated rings. The third kappa shape index (κ3) is 2.17. The summed E-state index contributed by atoms with van der Waals surface area (Å²) in [5.74, 6) is 1.21. The molecule has 3 heterocycles. The van der Waals surface area contributed by atoms with Crippen LogP contribution >= 0.6 is 22.9 Å². The summed E-state index contributed by atoms with van der Waals surface area (Å²) in [5.41, 5.74) is 0.695. The molecule has 0 amide bonds. The van der Waals surface area contributed by atoms with Crippen molar-refractivity contribution in [2.75, 3.05) is 13.2 Å². The highest BCUT2D eigenvalue weighted by atomic mass is 35.5. The zero-order valence-electron chi connectivity index (χ0n) is 10.9. The third-order valence-corrected chi connectivity index (χ3v) is 4.75. The summed E-state index contributed by atoms with van der Waals surface area (Å²) in [5, 5.41) is 23.8. The number of phenols is 1. The molecule has 2 aromatic heterocycles. The van der Waals surface area contributed by atoms with Crippen LogP contribution in [0.2, 0.25) is 5.02 Å². The minimum Gasteiger partial charge on any atom is -0.508 e. The second-order valence-electron chi connectivity index (χ2n) is 4.88. The van der Waals surface area contributed by atoms with Gasteiger partial charge in [0.1, 0.15) is 10.8 Å². The Morgan fingerprint density at radius 2 is 2.29 bits per heavy atom. The fourth-order valence-corrected chi connectivity index (χ4v) is 3.55. The maximum absolute atomic E-state index is 9.62. The van der Waals surface area contributed by atoms with Crippen molar-refractivity contribution in [1.29, 1.82) is 0 Å². The molecule has 3 aromatic rings. The van der Waals surface area contributed by atoms with Gasteiger partial charge in [0.2, 0.25) is 4.96 Å². The second kappa shape index (κ2) is 4.94. The molecule has 0 radical (unpaired) electrons. The van der Waals surface area contributed by atoms with Crippen LogP contribution in [0.3, 0.4) is 0 Å². The summed E-state index contributed by atoms with van der Waals surface area (Å²) >= 11 is 7.58. The fraction of sp³-hybridized carbons (Fsp3) is 0.308. The van der Waals surface area contributed by atoms with Gasteiger partial charge in [0.25, 0.3) is 0 Å². The predicted octanol–water partition coefficient (Wildman–Crippen LogP) is 2.72. The molecule has 8 heteroatoms. The third-order valence-electron chi connectivity index (χ3n) is 3.49. The molecule has 1 N–H and O–H groups in total. The molecule has 108 valence electrons. The summed E-state index contributed by atoms with van der Waals surface area (Å²) in [6.45, 7) is 1.40. The Hall–Kier alpha value is -1.70. The summed E-state index contributed by atoms with van der Waals surface area (Å²) in [6, 6.07) is 4.81. The maximum Gasteiger partial charge on any atom is 0.234 e. The average molecular weight is 323 g/mol. The lowest BCUT2D eigenvalue weighted by atomic mass is 10.1. The lowest BCUT2D eigenvalue weighted by molar-refractivity contribution is 0.193. The Labute approximate surface area is 129 Å². The fourth-order valence-electron chi connectivity index (χ4n) is 2.41. The number of halogens is 1. The molecule has 1 unspecified atom stereocenters. The van der Waals surface area contributed by atoms with Crippen molar-refractivity contribution in [2.24, 2.45) is 0 Å². The van der Waals surface area contributed by atoms with Gasteiger partial charge in [0, 0.05) is 18.1 Å². The molecule has 0 bridgehead atoms. The van der Waals surface area contributed by atoms with Gasteiger partial charge in [0.05, 0.1) is 11.6 Å². The molecule has 21 heavy (non-hydrogen) atoms. The van der Waals surface area contributed by atoms with Crippen LogP contribution in [0.1, 0.15) is 18.2 Å². The highest BCUT2D eigenvalue weighted by molar-refractivity contribution is 7.19. The topological polar surface area (TPSA) is 72.5 Å². The lowest BCUT2D eigenvalue weighted by Crippen LogP contribution is -2.04. The van der Waals surface area contributed by atoms with Crippen molar-refractivity contribution in [3.8, 4) is 16.3 Å². The van der Waals surface area contributed by atoms with Crippen molar-refractivity contribution < 1.29 is 9.84 Å². The molecule has 0 aliphatic carbocycles. The van der Waals surface area contributed by atoms with Gasteiger partial charge in [-0.05, 0) is 24.6 Å². The highest BCUT2D eigenvalue weighted by Crippen LogP contribution is 2.34. The van der Waals surface area contributed by atoms with Crippen molar-refractivity contribution in [3.05, 3.63) is 29.0 Å². The van der Waals surface area contributed by atoms with Crippen LogP contribution in [0.5, 0.6) is 5.75 Å². The summed E-state index contributed by atoms with van der Waals surface area (Å²) in [4.78, 5) is 0.714. The van der Waals surface area contributed by atoms with Crippen molar-refractivity contribution in [3.63, 3.8) is 0 Å². The van der Waals surface area contributed by atoms with Gasteiger partial charge in [0.15, 0.2) is 5.82 Å². The van der Waals surface area contributed by atoms with E-state index in [9.17, 15) is 5.11 Å². The van der Waals surface area contributed by atoms with Gasteiger partial charge in [-0.25, -0.2) is 0 Å². The van der Waals surface area contributed by atoms with Gasteiger partial charge < -0.3 is 9.84 Å². The normalized spacial score (nSPS) is 18.6. The van der Waals surface area contributed by atoms with E-state index >= 15 is 0 Å². The van der Waals surface area contributed by atoms with E-state index in [1.165, 1.54) is 11.3 Å². The molecule has 1 saturated heterocycles. The van der Waals surface area contributed by atoms with E-state index in [0.717, 1.165) is 18.9 Å². The van der Waals surface area contributed by atoms with Crippen LogP contribution in [0.25, 0.3) is 15.5 Å². The molecule has 4 rings (SSSR count). The van der Waals surface area contributed by atoms with Crippen molar-refractivity contribution in [2.45, 2.75) is 12.3 Å². The number of rotatable bonds is 2. The summed E-state index contributed by atoms with van der Waals surface area (Å²) in [6.07, 6.45) is 0.931. The van der Waals surface area contributed by atoms with Crippen LogP contribution < -0.4 is 0 Å². The van der Waals surface area contributed by atoms with E-state index < -0.39 is 0 Å². The smallest absolute Gasteiger partial charge is 0.234 e. The first-order chi connectivity index (χ1) is 10.2. The predicted molar refractivity (Wildman–Crippen MR) is 78.9 cm³/mol. The van der Waals surface area contributed by atoms with Gasteiger partial charge in [-0.2, -0.15) is 9.61 Å². The van der Waals surface area contributed by atoms with E-state index in [0.29, 0.717) is 27.2 Å². The van der Waals surface area contributed by atoms with E-state index in [1.54, 1.807) is 22.7 Å². The second-order valence-corrected chi connectivity index (χ2v) is 6.25. The first-order valence-electron chi connectivity index (χ1n) is 6.51. The van der Waals surface area contributed by atoms with Crippen LogP contribution in [-0.4, -0.2) is 38.1 Å². The SMILES string of the molecule is Oc1ccc(Cl)c(-c2nn3c(C4CCOC4)nnc3s2)c1. The van der Waals surface area contributed by atoms with E-state index in [1.807, 2.05) is 0 Å². The number of aromatic nitrogens is 4.